The monoisotopic (exact) mass is 392 g/mol. The summed E-state index contributed by atoms with van der Waals surface area (Å²) in [6.45, 7) is 2.75. The van der Waals surface area contributed by atoms with Crippen LogP contribution in [0, 0.1) is 0 Å². The molecule has 0 aliphatic carbocycles. The molecule has 4 N–H and O–H groups in total. The van der Waals surface area contributed by atoms with Gasteiger partial charge in [-0.05, 0) is 38.1 Å². The predicted octanol–water partition coefficient (Wildman–Crippen LogP) is 1.80. The summed E-state index contributed by atoms with van der Waals surface area (Å²) in [6, 6.07) is 17.1. The van der Waals surface area contributed by atoms with Gasteiger partial charge in [0, 0.05) is 0 Å². The Kier molecular flexibility index (Phi) is 9.49. The molecule has 8 heteroatoms. The average Bonchev–Trinajstić information content (AvgIpc) is 2.65. The number of hydrogen-bond donors (Lipinski definition) is 4. The number of carboxylic acid groups (broad SMARTS) is 2. The van der Waals surface area contributed by atoms with Crippen molar-refractivity contribution in [3.8, 4) is 11.5 Å². The van der Waals surface area contributed by atoms with Crippen molar-refractivity contribution in [3.63, 3.8) is 0 Å². The third-order valence-corrected chi connectivity index (χ3v) is 3.38. The van der Waals surface area contributed by atoms with Gasteiger partial charge in [0.15, 0.2) is 0 Å². The van der Waals surface area contributed by atoms with Gasteiger partial charge in [-0.3, -0.25) is 0 Å². The Labute approximate surface area is 162 Å². The van der Waals surface area contributed by atoms with Crippen molar-refractivity contribution < 1.29 is 39.5 Å². The highest BCUT2D eigenvalue weighted by Crippen LogP contribution is 2.13. The minimum atomic E-state index is -1.22. The molecule has 2 rings (SSSR count). The van der Waals surface area contributed by atoms with Crippen molar-refractivity contribution >= 4 is 11.9 Å². The molecular formula is C20H24O8. The van der Waals surface area contributed by atoms with Crippen molar-refractivity contribution in [1.29, 1.82) is 0 Å². The summed E-state index contributed by atoms with van der Waals surface area (Å²) in [5, 5.41) is 35.7. The van der Waals surface area contributed by atoms with Crippen LogP contribution in [0.3, 0.4) is 0 Å². The highest BCUT2D eigenvalue weighted by molar-refractivity contribution is 5.73. The van der Waals surface area contributed by atoms with Gasteiger partial charge in [0.05, 0.1) is 12.2 Å². The number of ether oxygens (including phenoxy) is 2. The smallest absolute Gasteiger partial charge is 0.347 e. The largest absolute Gasteiger partial charge is 0.478 e. The Morgan fingerprint density at radius 2 is 0.964 bits per heavy atom. The Balaban J connectivity index is 0.000000280. The summed E-state index contributed by atoms with van der Waals surface area (Å²) in [7, 11) is 0. The van der Waals surface area contributed by atoms with Crippen LogP contribution >= 0.6 is 0 Å². The van der Waals surface area contributed by atoms with E-state index >= 15 is 0 Å². The molecule has 0 spiro atoms. The molecule has 0 amide bonds. The zero-order chi connectivity index (χ0) is 21.1. The predicted molar refractivity (Wildman–Crippen MR) is 100 cm³/mol. The van der Waals surface area contributed by atoms with E-state index in [0.29, 0.717) is 11.5 Å². The fourth-order valence-corrected chi connectivity index (χ4v) is 2.00. The highest BCUT2D eigenvalue weighted by atomic mass is 16.5. The van der Waals surface area contributed by atoms with Crippen molar-refractivity contribution in [1.82, 2.24) is 0 Å². The summed E-state index contributed by atoms with van der Waals surface area (Å²) in [5.74, 6) is -1.49. The van der Waals surface area contributed by atoms with E-state index in [0.717, 1.165) is 0 Å². The molecule has 4 atom stereocenters. The Hall–Kier alpha value is -3.10. The molecule has 8 nitrogen and oxygen atoms in total. The van der Waals surface area contributed by atoms with Crippen LogP contribution in [0.2, 0.25) is 0 Å². The fraction of sp³-hybridized carbons (Fsp3) is 0.300. The maximum absolute atomic E-state index is 10.7. The molecule has 0 saturated carbocycles. The fourth-order valence-electron chi connectivity index (χ4n) is 2.00. The molecule has 0 aliphatic heterocycles. The van der Waals surface area contributed by atoms with Crippen molar-refractivity contribution in [3.05, 3.63) is 60.7 Å². The van der Waals surface area contributed by atoms with Gasteiger partial charge < -0.3 is 29.9 Å². The maximum atomic E-state index is 10.7. The van der Waals surface area contributed by atoms with Gasteiger partial charge in [0.1, 0.15) is 11.5 Å². The standard InChI is InChI=1S/2C10H12O4/c2*1-7(11)9(10(12)13)14-8-5-3-2-4-6-8/h2*2-7,9,11H,1H3,(H,12,13). The van der Waals surface area contributed by atoms with Gasteiger partial charge in [-0.25, -0.2) is 9.59 Å². The minimum absolute atomic E-state index is 0.431. The van der Waals surface area contributed by atoms with Crippen LogP contribution in [0.15, 0.2) is 60.7 Å². The molecule has 0 bridgehead atoms. The molecule has 0 radical (unpaired) electrons. The van der Waals surface area contributed by atoms with E-state index < -0.39 is 36.4 Å². The molecule has 0 saturated heterocycles. The van der Waals surface area contributed by atoms with Crippen LogP contribution in [-0.2, 0) is 9.59 Å². The first kappa shape index (κ1) is 22.9. The number of para-hydroxylation sites is 2. The first-order valence-electron chi connectivity index (χ1n) is 8.47. The van der Waals surface area contributed by atoms with Gasteiger partial charge in [-0.2, -0.15) is 0 Å². The number of aliphatic hydroxyl groups is 2. The van der Waals surface area contributed by atoms with Crippen LogP contribution in [0.4, 0.5) is 0 Å². The van der Waals surface area contributed by atoms with Gasteiger partial charge in [-0.1, -0.05) is 36.4 Å². The molecule has 4 unspecified atom stereocenters. The molecule has 2 aromatic carbocycles. The van der Waals surface area contributed by atoms with Crippen LogP contribution < -0.4 is 9.47 Å². The lowest BCUT2D eigenvalue weighted by molar-refractivity contribution is -0.150. The van der Waals surface area contributed by atoms with Crippen LogP contribution in [0.1, 0.15) is 13.8 Å². The number of aliphatic carboxylic acids is 2. The quantitative estimate of drug-likeness (QED) is 0.534. The Bertz CT molecular complexity index is 652. The Morgan fingerprint density at radius 3 is 1.18 bits per heavy atom. The number of hydrogen-bond acceptors (Lipinski definition) is 6. The summed E-state index contributed by atoms with van der Waals surface area (Å²) >= 11 is 0. The SMILES string of the molecule is CC(O)C(Oc1ccccc1)C(=O)O.CC(O)C(Oc1ccccc1)C(=O)O. The number of carboxylic acids is 2. The molecule has 2 aromatic rings. The normalized spacial score (nSPS) is 14.4. The second kappa shape index (κ2) is 11.6. The van der Waals surface area contributed by atoms with E-state index in [1.807, 2.05) is 0 Å². The van der Waals surface area contributed by atoms with Crippen molar-refractivity contribution in [2.24, 2.45) is 0 Å². The van der Waals surface area contributed by atoms with E-state index in [1.54, 1.807) is 60.7 Å². The first-order valence-corrected chi connectivity index (χ1v) is 8.47. The highest BCUT2D eigenvalue weighted by Gasteiger charge is 2.25. The van der Waals surface area contributed by atoms with E-state index in [-0.39, 0.29) is 0 Å². The van der Waals surface area contributed by atoms with Gasteiger partial charge in [0.2, 0.25) is 12.2 Å². The van der Waals surface area contributed by atoms with Crippen LogP contribution in [0.25, 0.3) is 0 Å². The zero-order valence-electron chi connectivity index (χ0n) is 15.5. The van der Waals surface area contributed by atoms with Gasteiger partial charge in [-0.15, -0.1) is 0 Å². The molecule has 0 fully saturated rings. The summed E-state index contributed by atoms with van der Waals surface area (Å²) < 4.78 is 10.2. The average molecular weight is 392 g/mol. The Morgan fingerprint density at radius 1 is 0.679 bits per heavy atom. The lowest BCUT2D eigenvalue weighted by atomic mass is 10.2. The molecule has 0 aromatic heterocycles. The van der Waals surface area contributed by atoms with Crippen LogP contribution in [0.5, 0.6) is 11.5 Å². The number of rotatable bonds is 8. The molecule has 0 aliphatic rings. The van der Waals surface area contributed by atoms with Crippen molar-refractivity contribution in [2.75, 3.05) is 0 Å². The molecule has 152 valence electrons. The van der Waals surface area contributed by atoms with E-state index in [2.05, 4.69) is 0 Å². The van der Waals surface area contributed by atoms with Gasteiger partial charge >= 0.3 is 11.9 Å². The minimum Gasteiger partial charge on any atom is -0.478 e. The molecular weight excluding hydrogens is 368 g/mol. The van der Waals surface area contributed by atoms with E-state index in [4.69, 9.17) is 29.9 Å². The zero-order valence-corrected chi connectivity index (χ0v) is 15.5. The van der Waals surface area contributed by atoms with E-state index in [1.165, 1.54) is 13.8 Å². The molecule has 28 heavy (non-hydrogen) atoms. The number of benzene rings is 2. The first-order chi connectivity index (χ1) is 13.2. The summed E-state index contributed by atoms with van der Waals surface area (Å²) in [5.41, 5.74) is 0. The van der Waals surface area contributed by atoms with Gasteiger partial charge in [0.25, 0.3) is 0 Å². The lowest BCUT2D eigenvalue weighted by Gasteiger charge is -2.17. The lowest BCUT2D eigenvalue weighted by Crippen LogP contribution is -2.37. The number of carbonyl (C=O) groups is 2. The second-order valence-corrected chi connectivity index (χ2v) is 5.86. The van der Waals surface area contributed by atoms with E-state index in [9.17, 15) is 9.59 Å². The molecule has 0 heterocycles. The third kappa shape index (κ3) is 8.07. The topological polar surface area (TPSA) is 134 Å². The third-order valence-electron chi connectivity index (χ3n) is 3.38. The van der Waals surface area contributed by atoms with Crippen molar-refractivity contribution in [2.45, 2.75) is 38.3 Å². The maximum Gasteiger partial charge on any atom is 0.347 e. The second-order valence-electron chi connectivity index (χ2n) is 5.86. The summed E-state index contributed by atoms with van der Waals surface area (Å²) in [4.78, 5) is 21.3. The number of aliphatic hydroxyl groups excluding tert-OH is 2. The summed E-state index contributed by atoms with van der Waals surface area (Å²) in [6.07, 6.45) is -4.55. The van der Waals surface area contributed by atoms with Crippen LogP contribution in [-0.4, -0.2) is 56.8 Å².